The molecule has 8 heteroatoms. The first-order valence-corrected chi connectivity index (χ1v) is 10.1. The normalized spacial score (nSPS) is 19.6. The van der Waals surface area contributed by atoms with Gasteiger partial charge in [-0.15, -0.1) is 5.10 Å². The van der Waals surface area contributed by atoms with Crippen molar-refractivity contribution >= 4 is 5.91 Å². The van der Waals surface area contributed by atoms with Crippen LogP contribution in [0.25, 0.3) is 0 Å². The van der Waals surface area contributed by atoms with Crippen molar-refractivity contribution in [2.75, 3.05) is 32.8 Å². The molecule has 2 aliphatic rings. The number of aryl methyl sites for hydroxylation is 1. The van der Waals surface area contributed by atoms with Gasteiger partial charge >= 0.3 is 0 Å². The largest absolute Gasteiger partial charge is 0.379 e. The summed E-state index contributed by atoms with van der Waals surface area (Å²) in [6.45, 7) is 6.85. The van der Waals surface area contributed by atoms with Gasteiger partial charge in [0.25, 0.3) is 5.91 Å². The fourth-order valence-electron chi connectivity index (χ4n) is 4.20. The molecule has 1 aliphatic heterocycles. The van der Waals surface area contributed by atoms with Gasteiger partial charge in [-0.2, -0.15) is 0 Å². The van der Waals surface area contributed by atoms with Crippen LogP contribution in [0.1, 0.15) is 47.4 Å². The predicted octanol–water partition coefficient (Wildman–Crippen LogP) is 1.40. The van der Waals surface area contributed by atoms with Crippen molar-refractivity contribution in [3.63, 3.8) is 0 Å². The van der Waals surface area contributed by atoms with Gasteiger partial charge in [-0.3, -0.25) is 9.69 Å². The molecule has 2 aromatic rings. The second-order valence-electron chi connectivity index (χ2n) is 7.91. The Labute approximate surface area is 165 Å². The Morgan fingerprint density at radius 1 is 1.18 bits per heavy atom. The summed E-state index contributed by atoms with van der Waals surface area (Å²) in [6, 6.07) is 7.72. The molecule has 4 rings (SSSR count). The second-order valence-corrected chi connectivity index (χ2v) is 7.91. The zero-order valence-corrected chi connectivity index (χ0v) is 16.4. The smallest absolute Gasteiger partial charge is 0.251 e. The molecule has 0 radical (unpaired) electrons. The molecule has 2 fully saturated rings. The van der Waals surface area contributed by atoms with Gasteiger partial charge in [0.05, 0.1) is 25.3 Å². The minimum Gasteiger partial charge on any atom is -0.379 e. The zero-order valence-electron chi connectivity index (χ0n) is 16.4. The maximum Gasteiger partial charge on any atom is 0.251 e. The highest BCUT2D eigenvalue weighted by Gasteiger charge is 2.37. The third kappa shape index (κ3) is 4.39. The number of benzene rings is 1. The van der Waals surface area contributed by atoms with Crippen molar-refractivity contribution in [1.29, 1.82) is 0 Å². The van der Waals surface area contributed by atoms with Gasteiger partial charge < -0.3 is 10.1 Å². The number of tetrazole rings is 1. The number of nitrogens with one attached hydrogen (secondary N) is 1. The van der Waals surface area contributed by atoms with Gasteiger partial charge in [0.1, 0.15) is 5.82 Å². The molecule has 28 heavy (non-hydrogen) atoms. The van der Waals surface area contributed by atoms with Crippen LogP contribution in [0.3, 0.4) is 0 Å². The van der Waals surface area contributed by atoms with Crippen LogP contribution in [0.2, 0.25) is 0 Å². The monoisotopic (exact) mass is 384 g/mol. The van der Waals surface area contributed by atoms with E-state index in [4.69, 9.17) is 4.74 Å². The Morgan fingerprint density at radius 3 is 2.54 bits per heavy atom. The summed E-state index contributed by atoms with van der Waals surface area (Å²) in [4.78, 5) is 15.4. The lowest BCUT2D eigenvalue weighted by atomic mass is 9.95. The molecule has 1 aromatic heterocycles. The first-order valence-electron chi connectivity index (χ1n) is 10.1. The quantitative estimate of drug-likeness (QED) is 0.810. The van der Waals surface area contributed by atoms with Crippen LogP contribution in [0.4, 0.5) is 0 Å². The Hall–Kier alpha value is -2.32. The summed E-state index contributed by atoms with van der Waals surface area (Å²) in [5, 5.41) is 14.9. The standard InChI is InChI=1S/C20H28N6O2/c1-16-22-23-24-26(16)14-17-4-6-18(7-5-17)19(27)21-20(8-2-3-9-20)15-25-10-12-28-13-11-25/h4-7H,2-3,8-15H2,1H3,(H,21,27). The van der Waals surface area contributed by atoms with E-state index in [-0.39, 0.29) is 11.4 Å². The van der Waals surface area contributed by atoms with E-state index in [9.17, 15) is 4.79 Å². The number of ether oxygens (including phenoxy) is 1. The van der Waals surface area contributed by atoms with Crippen LogP contribution in [0, 0.1) is 6.92 Å². The van der Waals surface area contributed by atoms with E-state index in [1.807, 2.05) is 31.2 Å². The first-order chi connectivity index (χ1) is 13.6. The van der Waals surface area contributed by atoms with E-state index in [0.717, 1.165) is 57.1 Å². The summed E-state index contributed by atoms with van der Waals surface area (Å²) in [6.07, 6.45) is 4.45. The highest BCUT2D eigenvalue weighted by atomic mass is 16.5. The van der Waals surface area contributed by atoms with E-state index in [1.165, 1.54) is 12.8 Å². The van der Waals surface area contributed by atoms with Gasteiger partial charge in [-0.1, -0.05) is 25.0 Å². The molecule has 8 nitrogen and oxygen atoms in total. The first kappa shape index (κ1) is 19.0. The van der Waals surface area contributed by atoms with Crippen LogP contribution in [0.5, 0.6) is 0 Å². The molecule has 150 valence electrons. The molecule has 0 bridgehead atoms. The number of rotatable bonds is 6. The van der Waals surface area contributed by atoms with Gasteiger partial charge in [0, 0.05) is 25.2 Å². The Balaban J connectivity index is 1.40. The van der Waals surface area contributed by atoms with Crippen LogP contribution in [-0.4, -0.2) is 69.4 Å². The van der Waals surface area contributed by atoms with Crippen LogP contribution >= 0.6 is 0 Å². The molecular formula is C20H28N6O2. The Bertz CT molecular complexity index is 791. The SMILES string of the molecule is Cc1nnnn1Cc1ccc(C(=O)NC2(CN3CCOCC3)CCCC2)cc1. The third-order valence-corrected chi connectivity index (χ3v) is 5.83. The number of aromatic nitrogens is 4. The lowest BCUT2D eigenvalue weighted by molar-refractivity contribution is 0.0238. The minimum atomic E-state index is -0.114. The average molecular weight is 384 g/mol. The predicted molar refractivity (Wildman–Crippen MR) is 104 cm³/mol. The van der Waals surface area contributed by atoms with Crippen molar-refractivity contribution in [2.45, 2.75) is 44.7 Å². The molecule has 1 saturated heterocycles. The van der Waals surface area contributed by atoms with Crippen molar-refractivity contribution in [3.05, 3.63) is 41.2 Å². The summed E-state index contributed by atoms with van der Waals surface area (Å²) in [5.41, 5.74) is 1.65. The summed E-state index contributed by atoms with van der Waals surface area (Å²) < 4.78 is 7.20. The van der Waals surface area contributed by atoms with Crippen molar-refractivity contribution < 1.29 is 9.53 Å². The molecule has 2 heterocycles. The highest BCUT2D eigenvalue weighted by molar-refractivity contribution is 5.94. The van der Waals surface area contributed by atoms with Crippen LogP contribution < -0.4 is 5.32 Å². The highest BCUT2D eigenvalue weighted by Crippen LogP contribution is 2.31. The van der Waals surface area contributed by atoms with E-state index in [2.05, 4.69) is 25.7 Å². The van der Waals surface area contributed by atoms with Crippen molar-refractivity contribution in [2.24, 2.45) is 0 Å². The number of hydrogen-bond donors (Lipinski definition) is 1. The molecule has 0 spiro atoms. The van der Waals surface area contributed by atoms with Gasteiger partial charge in [0.15, 0.2) is 0 Å². The molecule has 1 aromatic carbocycles. The van der Waals surface area contributed by atoms with Crippen molar-refractivity contribution in [1.82, 2.24) is 30.4 Å². The van der Waals surface area contributed by atoms with E-state index < -0.39 is 0 Å². The number of nitrogens with zero attached hydrogens (tertiary/aromatic N) is 5. The topological polar surface area (TPSA) is 85.2 Å². The number of morpholine rings is 1. The van der Waals surface area contributed by atoms with Gasteiger partial charge in [-0.05, 0) is 47.9 Å². The molecular weight excluding hydrogens is 356 g/mol. The zero-order chi connectivity index (χ0) is 19.4. The molecule has 0 unspecified atom stereocenters. The van der Waals surface area contributed by atoms with E-state index >= 15 is 0 Å². The Morgan fingerprint density at radius 2 is 1.89 bits per heavy atom. The average Bonchev–Trinajstić information content (AvgIpc) is 3.32. The van der Waals surface area contributed by atoms with Gasteiger partial charge in [0.2, 0.25) is 0 Å². The van der Waals surface area contributed by atoms with Crippen LogP contribution in [-0.2, 0) is 11.3 Å². The molecule has 1 amide bonds. The van der Waals surface area contributed by atoms with E-state index in [1.54, 1.807) is 4.68 Å². The van der Waals surface area contributed by atoms with Crippen LogP contribution in [0.15, 0.2) is 24.3 Å². The third-order valence-electron chi connectivity index (χ3n) is 5.83. The number of carbonyl (C=O) groups excluding carboxylic acids is 1. The second kappa shape index (κ2) is 8.36. The molecule has 1 N–H and O–H groups in total. The van der Waals surface area contributed by atoms with Gasteiger partial charge in [-0.25, -0.2) is 4.68 Å². The number of amides is 1. The fourth-order valence-corrected chi connectivity index (χ4v) is 4.20. The molecule has 1 saturated carbocycles. The minimum absolute atomic E-state index is 0.0142. The van der Waals surface area contributed by atoms with Crippen molar-refractivity contribution in [3.8, 4) is 0 Å². The summed E-state index contributed by atoms with van der Waals surface area (Å²) >= 11 is 0. The summed E-state index contributed by atoms with van der Waals surface area (Å²) in [7, 11) is 0. The maximum absolute atomic E-state index is 12.9. The maximum atomic E-state index is 12.9. The lowest BCUT2D eigenvalue weighted by Crippen LogP contribution is -2.55. The fraction of sp³-hybridized carbons (Fsp3) is 0.600. The Kier molecular flexibility index (Phi) is 5.68. The molecule has 1 aliphatic carbocycles. The van der Waals surface area contributed by atoms with E-state index in [0.29, 0.717) is 12.1 Å². The number of carbonyl (C=O) groups is 1. The number of hydrogen-bond acceptors (Lipinski definition) is 6. The summed E-state index contributed by atoms with van der Waals surface area (Å²) in [5.74, 6) is 0.786. The molecule has 0 atom stereocenters. The lowest BCUT2D eigenvalue weighted by Gasteiger charge is -2.37.